The van der Waals surface area contributed by atoms with Crippen molar-refractivity contribution in [3.8, 4) is 5.75 Å². The van der Waals surface area contributed by atoms with Crippen molar-refractivity contribution in [1.82, 2.24) is 15.1 Å². The van der Waals surface area contributed by atoms with Gasteiger partial charge in [0.15, 0.2) is 17.7 Å². The number of carbonyl (C=O) groups is 1. The van der Waals surface area contributed by atoms with E-state index < -0.39 is 96.0 Å². The van der Waals surface area contributed by atoms with Crippen molar-refractivity contribution in [3.63, 3.8) is 0 Å². The first-order valence-corrected chi connectivity index (χ1v) is 24.2. The molecule has 3 heterocycles. The largest absolute Gasteiger partial charge is 0.497 e. The highest BCUT2D eigenvalue weighted by Crippen LogP contribution is 2.40. The Balaban J connectivity index is 1.73. The van der Waals surface area contributed by atoms with Crippen LogP contribution in [-0.4, -0.2) is 185 Å². The maximum Gasteiger partial charge on any atom is 0.311 e. The van der Waals surface area contributed by atoms with Crippen LogP contribution in [0.4, 0.5) is 5.69 Å². The second kappa shape index (κ2) is 24.0. The molecule has 1 aromatic carbocycles. The van der Waals surface area contributed by atoms with Gasteiger partial charge in [0.25, 0.3) is 0 Å². The Morgan fingerprint density at radius 1 is 0.955 bits per heavy atom. The van der Waals surface area contributed by atoms with Gasteiger partial charge < -0.3 is 74.2 Å². The molecule has 3 saturated heterocycles. The SMILES string of the molecule is CC[C@H]1OC(=O)[C@H](C)[C@@H](O[C@H]2C[C@@](C)(OC)[C@@H](O)[C@H](C)O2)[C@H](C)[C@@H](O[C@@H]2O[C@H](C)C[C@H](N(C)C)[C@H]2O)[C@](C)(O)C[C@@H](C)CN(CCCNC(=S)Nc2ccc(OC)cc2)[C@H](C)[C@@H](O)[C@]1(C)O. The van der Waals surface area contributed by atoms with E-state index in [1.54, 1.807) is 41.7 Å². The van der Waals surface area contributed by atoms with Crippen molar-refractivity contribution in [2.45, 2.75) is 192 Å². The fourth-order valence-corrected chi connectivity index (χ4v) is 10.5. The lowest BCUT2D eigenvalue weighted by atomic mass is 9.77. The van der Waals surface area contributed by atoms with Crippen LogP contribution in [0.2, 0.25) is 0 Å². The second-order valence-electron chi connectivity index (χ2n) is 20.2. The van der Waals surface area contributed by atoms with Crippen LogP contribution in [0.15, 0.2) is 24.3 Å². The first-order valence-electron chi connectivity index (χ1n) is 23.8. The van der Waals surface area contributed by atoms with Crippen LogP contribution in [0, 0.1) is 17.8 Å². The molecule has 0 bridgehead atoms. The number of likely N-dealkylation sites (N-methyl/N-ethyl adjacent to an activating group) is 1. The van der Waals surface area contributed by atoms with Gasteiger partial charge in [0, 0.05) is 56.9 Å². The summed E-state index contributed by atoms with van der Waals surface area (Å²) in [6.45, 7) is 19.0. The molecule has 18 atom stereocenters. The molecule has 0 unspecified atom stereocenters. The molecule has 3 aliphatic heterocycles. The number of cyclic esters (lactones) is 1. The monoisotopic (exact) mass is 957 g/mol. The van der Waals surface area contributed by atoms with Crippen molar-refractivity contribution < 1.29 is 63.5 Å². The summed E-state index contributed by atoms with van der Waals surface area (Å²) >= 11 is 5.57. The normalized spacial score (nSPS) is 41.3. The molecule has 0 spiro atoms. The molecule has 380 valence electrons. The third kappa shape index (κ3) is 13.9. The Labute approximate surface area is 399 Å². The van der Waals surface area contributed by atoms with Gasteiger partial charge in [-0.15, -0.1) is 0 Å². The molecular formula is C48H84N4O13S. The highest BCUT2D eigenvalue weighted by Gasteiger charge is 2.53. The summed E-state index contributed by atoms with van der Waals surface area (Å²) in [5.74, 6) is -2.07. The average Bonchev–Trinajstić information content (AvgIpc) is 3.25. The third-order valence-corrected chi connectivity index (χ3v) is 14.5. The van der Waals surface area contributed by atoms with Crippen LogP contribution in [-0.2, 0) is 33.2 Å². The third-order valence-electron chi connectivity index (χ3n) is 14.3. The quantitative estimate of drug-likeness (QED) is 0.0854. The number of aliphatic hydroxyl groups is 5. The molecule has 1 aromatic rings. The van der Waals surface area contributed by atoms with Gasteiger partial charge in [0.05, 0.1) is 48.6 Å². The van der Waals surface area contributed by atoms with Gasteiger partial charge in [0.2, 0.25) is 0 Å². The molecule has 0 radical (unpaired) electrons. The maximum atomic E-state index is 14.5. The van der Waals surface area contributed by atoms with E-state index in [1.165, 1.54) is 14.0 Å². The van der Waals surface area contributed by atoms with Gasteiger partial charge in [-0.05, 0) is 131 Å². The summed E-state index contributed by atoms with van der Waals surface area (Å²) in [4.78, 5) is 18.5. The topological polar surface area (TPSA) is 213 Å². The minimum atomic E-state index is -1.89. The number of rotatable bonds is 13. The van der Waals surface area contributed by atoms with E-state index in [1.807, 2.05) is 71.0 Å². The number of nitrogens with zero attached hydrogens (tertiary/aromatic N) is 2. The zero-order valence-corrected chi connectivity index (χ0v) is 42.7. The zero-order chi connectivity index (χ0) is 49.5. The van der Waals surface area contributed by atoms with E-state index in [0.29, 0.717) is 37.6 Å². The Morgan fingerprint density at radius 3 is 2.20 bits per heavy atom. The fourth-order valence-electron chi connectivity index (χ4n) is 10.2. The Morgan fingerprint density at radius 2 is 1.61 bits per heavy atom. The number of anilines is 1. The molecule has 0 aromatic heterocycles. The lowest BCUT2D eigenvalue weighted by Gasteiger charge is -2.48. The Bertz CT molecular complexity index is 1680. The van der Waals surface area contributed by atoms with Crippen LogP contribution in [0.1, 0.15) is 101 Å². The second-order valence-corrected chi connectivity index (χ2v) is 20.6. The number of aliphatic hydroxyl groups excluding tert-OH is 3. The molecule has 0 saturated carbocycles. The number of hydrogen-bond donors (Lipinski definition) is 7. The van der Waals surface area contributed by atoms with Gasteiger partial charge in [-0.2, -0.15) is 0 Å². The van der Waals surface area contributed by atoms with E-state index in [0.717, 1.165) is 11.4 Å². The molecule has 18 heteroatoms. The number of thiocarbonyl (C=S) groups is 1. The van der Waals surface area contributed by atoms with E-state index in [-0.39, 0.29) is 37.3 Å². The predicted octanol–water partition coefficient (Wildman–Crippen LogP) is 3.66. The Kier molecular flexibility index (Phi) is 20.5. The molecule has 3 aliphatic rings. The van der Waals surface area contributed by atoms with E-state index in [4.69, 9.17) is 45.4 Å². The van der Waals surface area contributed by atoms with E-state index in [9.17, 15) is 30.3 Å². The minimum Gasteiger partial charge on any atom is -0.497 e. The highest BCUT2D eigenvalue weighted by molar-refractivity contribution is 7.80. The molecule has 0 amide bonds. The van der Waals surface area contributed by atoms with E-state index >= 15 is 0 Å². The van der Waals surface area contributed by atoms with Crippen molar-refractivity contribution in [2.24, 2.45) is 17.8 Å². The van der Waals surface area contributed by atoms with Crippen LogP contribution in [0.25, 0.3) is 0 Å². The van der Waals surface area contributed by atoms with Crippen molar-refractivity contribution in [1.29, 1.82) is 0 Å². The zero-order valence-electron chi connectivity index (χ0n) is 41.9. The van der Waals surface area contributed by atoms with Crippen LogP contribution >= 0.6 is 12.2 Å². The van der Waals surface area contributed by atoms with Crippen molar-refractivity contribution in [3.05, 3.63) is 24.3 Å². The summed E-state index contributed by atoms with van der Waals surface area (Å²) in [6, 6.07) is 6.46. The molecular weight excluding hydrogens is 873 g/mol. The van der Waals surface area contributed by atoms with Crippen molar-refractivity contribution in [2.75, 3.05) is 53.3 Å². The molecule has 0 aliphatic carbocycles. The van der Waals surface area contributed by atoms with E-state index in [2.05, 4.69) is 15.5 Å². The lowest BCUT2D eigenvalue weighted by molar-refractivity contribution is -0.318. The first-order chi connectivity index (χ1) is 30.8. The summed E-state index contributed by atoms with van der Waals surface area (Å²) in [7, 11) is 6.88. The lowest BCUT2D eigenvalue weighted by Crippen LogP contribution is -2.60. The Hall–Kier alpha value is -2.30. The standard InChI is InChI=1S/C48H84N4O13S/c1-15-36-48(10,58)40(54)31(6)52(22-16-21-49-45(66)50-33-17-19-34(59-13)20-18-33)26-27(2)24-46(8,57)42(65-44-38(53)35(51(11)12)23-28(3)61-44)29(4)39(30(5)43(56)63-36)64-37-25-47(9,60-14)41(55)32(7)62-37/h17-20,27-32,35-42,44,53-55,57-58H,15-16,21-26H2,1-14H3,(H2,49,50,66)/t27-,28-,29+,30-,31-,32+,35+,36-,37+,38-,39+,40-,41+,42-,44+,46-,47-,48-/m1/s1. The predicted molar refractivity (Wildman–Crippen MR) is 255 cm³/mol. The number of benzene rings is 1. The smallest absolute Gasteiger partial charge is 0.311 e. The number of methoxy groups -OCH3 is 2. The van der Waals surface area contributed by atoms with Gasteiger partial charge >= 0.3 is 5.97 Å². The maximum absolute atomic E-state index is 14.5. The number of esters is 1. The van der Waals surface area contributed by atoms with Crippen LogP contribution in [0.3, 0.4) is 0 Å². The molecule has 3 fully saturated rings. The molecule has 17 nitrogen and oxygen atoms in total. The minimum absolute atomic E-state index is 0.109. The first kappa shape index (κ1) is 56.3. The van der Waals surface area contributed by atoms with Gasteiger partial charge in [-0.3, -0.25) is 9.69 Å². The molecule has 66 heavy (non-hydrogen) atoms. The number of ether oxygens (including phenoxy) is 7. The fraction of sp³-hybridized carbons (Fsp3) is 0.833. The highest BCUT2D eigenvalue weighted by atomic mass is 32.1. The van der Waals surface area contributed by atoms with Gasteiger partial charge in [-0.25, -0.2) is 0 Å². The number of hydrogen-bond acceptors (Lipinski definition) is 16. The van der Waals surface area contributed by atoms with Gasteiger partial charge in [-0.1, -0.05) is 20.8 Å². The summed E-state index contributed by atoms with van der Waals surface area (Å²) in [5.41, 5.74) is -3.77. The number of nitrogens with one attached hydrogen (secondary N) is 2. The number of carbonyl (C=O) groups excluding carboxylic acids is 1. The van der Waals surface area contributed by atoms with Gasteiger partial charge in [0.1, 0.15) is 35.8 Å². The summed E-state index contributed by atoms with van der Waals surface area (Å²) < 4.78 is 43.4. The summed E-state index contributed by atoms with van der Waals surface area (Å²) in [6.07, 6.45) is -8.21. The molecule has 4 rings (SSSR count). The summed E-state index contributed by atoms with van der Waals surface area (Å²) in [5, 5.41) is 66.8. The average molecular weight is 957 g/mol. The van der Waals surface area contributed by atoms with Crippen LogP contribution < -0.4 is 15.4 Å². The van der Waals surface area contributed by atoms with Crippen molar-refractivity contribution >= 4 is 29.0 Å². The molecule has 7 N–H and O–H groups in total. The van der Waals surface area contributed by atoms with Crippen LogP contribution in [0.5, 0.6) is 5.75 Å².